The number of urea groups is 1. The molecule has 3 heterocycles. The highest BCUT2D eigenvalue weighted by molar-refractivity contribution is 7.44. The van der Waals surface area contributed by atoms with E-state index in [1.54, 1.807) is 39.7 Å². The molecule has 2 amide bonds. The van der Waals surface area contributed by atoms with E-state index in [0.717, 1.165) is 28.0 Å². The van der Waals surface area contributed by atoms with Crippen LogP contribution in [0.1, 0.15) is 49.9 Å². The average Bonchev–Trinajstić information content (AvgIpc) is 3.81. The molecule has 6 atom stereocenters. The van der Waals surface area contributed by atoms with E-state index in [0.29, 0.717) is 17.0 Å². The van der Waals surface area contributed by atoms with Gasteiger partial charge in [0, 0.05) is 31.0 Å². The van der Waals surface area contributed by atoms with Crippen molar-refractivity contribution < 1.29 is 37.5 Å². The van der Waals surface area contributed by atoms with E-state index in [1.807, 2.05) is 67.6 Å². The molecule has 296 valence electrons. The Morgan fingerprint density at radius 3 is 2.21 bits per heavy atom. The lowest BCUT2D eigenvalue weighted by Gasteiger charge is -2.39. The van der Waals surface area contributed by atoms with Crippen LogP contribution in [0.2, 0.25) is 0 Å². The third-order valence-corrected chi connectivity index (χ3v) is 12.0. The van der Waals surface area contributed by atoms with Crippen molar-refractivity contribution in [2.75, 3.05) is 34.5 Å². The number of methoxy groups -OCH3 is 2. The molecule has 0 bridgehead atoms. The summed E-state index contributed by atoms with van der Waals surface area (Å²) >= 11 is 0. The molecule has 56 heavy (non-hydrogen) atoms. The van der Waals surface area contributed by atoms with Gasteiger partial charge < -0.3 is 32.7 Å². The van der Waals surface area contributed by atoms with Crippen LogP contribution in [0.5, 0.6) is 11.5 Å². The van der Waals surface area contributed by atoms with Crippen molar-refractivity contribution in [3.05, 3.63) is 119 Å². The van der Waals surface area contributed by atoms with Crippen molar-refractivity contribution in [2.24, 2.45) is 15.0 Å². The van der Waals surface area contributed by atoms with Crippen LogP contribution in [0.25, 0.3) is 0 Å². The molecule has 3 aromatic carbocycles. The van der Waals surface area contributed by atoms with Gasteiger partial charge in [0.2, 0.25) is 0 Å². The Bertz CT molecular complexity index is 1970. The summed E-state index contributed by atoms with van der Waals surface area (Å²) in [6.07, 6.45) is 1.92. The molecule has 0 spiro atoms. The van der Waals surface area contributed by atoms with Gasteiger partial charge in [-0.2, -0.15) is 9.98 Å². The van der Waals surface area contributed by atoms with Crippen LogP contribution in [0.4, 0.5) is 4.79 Å². The molecular weight excluding hydrogens is 731 g/mol. The summed E-state index contributed by atoms with van der Waals surface area (Å²) in [4.78, 5) is 25.6. The second kappa shape index (κ2) is 18.3. The first-order chi connectivity index (χ1) is 27.1. The zero-order valence-corrected chi connectivity index (χ0v) is 34.1. The molecule has 1 saturated heterocycles. The number of rotatable bonds is 18. The van der Waals surface area contributed by atoms with Gasteiger partial charge in [0.1, 0.15) is 41.5 Å². The topological polar surface area (TPSA) is 122 Å². The molecule has 12 nitrogen and oxygen atoms in total. The smallest absolute Gasteiger partial charge is 0.369 e. The van der Waals surface area contributed by atoms with Crippen molar-refractivity contribution in [2.45, 2.75) is 76.7 Å². The van der Waals surface area contributed by atoms with E-state index in [9.17, 15) is 4.79 Å². The van der Waals surface area contributed by atoms with Crippen LogP contribution in [0.15, 0.2) is 112 Å². The van der Waals surface area contributed by atoms with E-state index in [2.05, 4.69) is 66.1 Å². The van der Waals surface area contributed by atoms with Crippen molar-refractivity contribution in [1.82, 2.24) is 4.67 Å². The van der Waals surface area contributed by atoms with Crippen molar-refractivity contribution >= 4 is 32.3 Å². The summed E-state index contributed by atoms with van der Waals surface area (Å²) in [6.45, 7) is 14.6. The van der Waals surface area contributed by atoms with Crippen molar-refractivity contribution in [3.8, 4) is 11.5 Å². The highest BCUT2D eigenvalue weighted by Crippen LogP contribution is 2.50. The van der Waals surface area contributed by atoms with Crippen LogP contribution >= 0.6 is 8.53 Å². The van der Waals surface area contributed by atoms with E-state index in [4.69, 9.17) is 32.7 Å². The minimum atomic E-state index is -1.63. The SMILES string of the molecule is C=CCO[C@H]1C(C2=NC(=O)N=C3N=CC=C32)O[C@H](COC(c2ccccc2)(c2ccc(OC)cc2)c2ccc(OC)cc2C)[C@@H]1OP(OC)N(C(C)C)C(C)C. The first-order valence-electron chi connectivity index (χ1n) is 18.7. The summed E-state index contributed by atoms with van der Waals surface area (Å²) in [7, 11) is 3.31. The molecule has 3 unspecified atom stereocenters. The molecule has 0 saturated carbocycles. The lowest BCUT2D eigenvalue weighted by molar-refractivity contribution is -0.0738. The Kier molecular flexibility index (Phi) is 13.4. The van der Waals surface area contributed by atoms with Crippen LogP contribution in [-0.4, -0.2) is 99.5 Å². The van der Waals surface area contributed by atoms with Gasteiger partial charge >= 0.3 is 6.03 Å². The highest BCUT2D eigenvalue weighted by Gasteiger charge is 2.53. The van der Waals surface area contributed by atoms with Gasteiger partial charge in [-0.15, -0.1) is 6.58 Å². The minimum Gasteiger partial charge on any atom is -0.497 e. The first-order valence-corrected chi connectivity index (χ1v) is 19.8. The first kappa shape index (κ1) is 41.2. The van der Waals surface area contributed by atoms with Crippen LogP contribution in [0.3, 0.4) is 0 Å². The maximum absolute atomic E-state index is 12.9. The Labute approximate surface area is 330 Å². The Morgan fingerprint density at radius 1 is 0.911 bits per heavy atom. The van der Waals surface area contributed by atoms with Gasteiger partial charge in [-0.1, -0.05) is 54.6 Å². The molecule has 13 heteroatoms. The molecule has 3 aliphatic heterocycles. The zero-order chi connectivity index (χ0) is 40.0. The van der Waals surface area contributed by atoms with Crippen molar-refractivity contribution in [1.29, 1.82) is 0 Å². The van der Waals surface area contributed by atoms with E-state index in [1.165, 1.54) is 0 Å². The normalized spacial score (nSPS) is 22.1. The summed E-state index contributed by atoms with van der Waals surface area (Å²) in [5.74, 6) is 1.72. The van der Waals surface area contributed by atoms with Gasteiger partial charge in [-0.25, -0.2) is 14.5 Å². The molecule has 0 aromatic heterocycles. The molecule has 0 aliphatic carbocycles. The fourth-order valence-electron chi connectivity index (χ4n) is 7.54. The zero-order valence-electron chi connectivity index (χ0n) is 33.2. The Balaban J connectivity index is 1.50. The van der Waals surface area contributed by atoms with Gasteiger partial charge in [-0.3, -0.25) is 0 Å². The Morgan fingerprint density at radius 2 is 1.59 bits per heavy atom. The van der Waals surface area contributed by atoms with Crippen LogP contribution < -0.4 is 9.47 Å². The summed E-state index contributed by atoms with van der Waals surface area (Å²) in [5.41, 5.74) is 3.43. The van der Waals surface area contributed by atoms with Gasteiger partial charge in [0.05, 0.1) is 33.1 Å². The third-order valence-electron chi connectivity index (χ3n) is 9.93. The number of hydrogen-bond acceptors (Lipinski definition) is 10. The summed E-state index contributed by atoms with van der Waals surface area (Å²) in [5, 5.41) is 0. The molecule has 1 fully saturated rings. The van der Waals surface area contributed by atoms with Crippen LogP contribution in [0, 0.1) is 6.92 Å². The number of amidine groups is 1. The Hall–Kier alpha value is -4.39. The van der Waals surface area contributed by atoms with Gasteiger partial charge in [-0.05, 0) is 87.2 Å². The number of aliphatic imine (C=N–C) groups is 3. The molecule has 0 radical (unpaired) electrons. The summed E-state index contributed by atoms with van der Waals surface area (Å²) in [6, 6.07) is 23.5. The number of carbonyl (C=O) groups is 1. The van der Waals surface area contributed by atoms with Crippen molar-refractivity contribution in [3.63, 3.8) is 0 Å². The number of benzene rings is 3. The molecule has 3 aromatic rings. The van der Waals surface area contributed by atoms with Crippen LogP contribution in [-0.2, 0) is 28.9 Å². The number of fused-ring (bicyclic) bond motifs is 1. The number of carbonyl (C=O) groups excluding carboxylic acids is 1. The number of nitrogens with zero attached hydrogens (tertiary/aromatic N) is 4. The maximum Gasteiger partial charge on any atom is 0.369 e. The number of ether oxygens (including phenoxy) is 5. The predicted molar refractivity (Wildman–Crippen MR) is 219 cm³/mol. The minimum absolute atomic E-state index is 0.0233. The predicted octanol–water partition coefficient (Wildman–Crippen LogP) is 8.02. The standard InChI is InChI=1S/C43H51N4O8P/c1-10-24-52-40-38(55-56(51-9)47(27(2)3)28(4)5)36(54-39(40)37-34-22-23-44-41(34)46-42(48)45-37)26-53-43(30-14-12-11-13-15-30,31-16-18-32(49-7)19-17-31)35-21-20-33(50-8)25-29(35)6/h10-23,25,27-28,36,38-40H,1,24,26H2,2-9H3/t36-,38+,39?,40-,43?,56?/m1/s1. The number of hydrogen-bond donors (Lipinski definition) is 0. The maximum atomic E-state index is 12.9. The summed E-state index contributed by atoms with van der Waals surface area (Å²) < 4.78 is 47.5. The second-order valence-corrected chi connectivity index (χ2v) is 15.6. The van der Waals surface area contributed by atoms with E-state index >= 15 is 0 Å². The fourth-order valence-corrected chi connectivity index (χ4v) is 9.14. The van der Waals surface area contributed by atoms with E-state index in [-0.39, 0.29) is 31.1 Å². The monoisotopic (exact) mass is 782 g/mol. The number of amides is 2. The highest BCUT2D eigenvalue weighted by atomic mass is 31.2. The second-order valence-electron chi connectivity index (χ2n) is 14.1. The molecule has 3 aliphatic rings. The fraction of sp³-hybridized carbons (Fsp3) is 0.395. The van der Waals surface area contributed by atoms with Gasteiger partial charge in [0.25, 0.3) is 8.53 Å². The van der Waals surface area contributed by atoms with Gasteiger partial charge in [0.15, 0.2) is 5.84 Å². The number of aryl methyl sites for hydroxylation is 1. The third kappa shape index (κ3) is 8.33. The molecule has 0 N–H and O–H groups in total. The lowest BCUT2D eigenvalue weighted by Crippen LogP contribution is -2.44. The average molecular weight is 783 g/mol. The lowest BCUT2D eigenvalue weighted by atomic mass is 9.78. The largest absolute Gasteiger partial charge is 0.497 e. The molecular formula is C43H51N4O8P. The molecule has 6 rings (SSSR count). The number of allylic oxidation sites excluding steroid dienone is 1. The quantitative estimate of drug-likeness (QED) is 0.0718. The van der Waals surface area contributed by atoms with E-state index < -0.39 is 44.6 Å².